The van der Waals surface area contributed by atoms with Gasteiger partial charge in [-0.1, -0.05) is 214 Å². The molecule has 10 rings (SSSR count). The van der Waals surface area contributed by atoms with Crippen molar-refractivity contribution >= 4 is 287 Å². The zero-order valence-electron chi connectivity index (χ0n) is 46.9. The Labute approximate surface area is 653 Å². The summed E-state index contributed by atoms with van der Waals surface area (Å²) in [6, 6.07) is 0. The first-order chi connectivity index (χ1) is 40.1. The van der Waals surface area contributed by atoms with Crippen molar-refractivity contribution in [1.29, 1.82) is 0 Å². The Kier molecular flexibility index (Phi) is 51.1. The van der Waals surface area contributed by atoms with Crippen LogP contribution in [-0.2, 0) is 56.2 Å². The smallest absolute Gasteiger partial charge is 0.315 e. The molecule has 1 radical (unpaired) electrons. The molecule has 5 aliphatic heterocycles. The molecule has 36 heteroatoms. The number of carboxylic acid groups (broad SMARTS) is 1. The molecule has 5 aromatic heterocycles. The van der Waals surface area contributed by atoms with E-state index in [1.807, 2.05) is 27.5 Å². The van der Waals surface area contributed by atoms with Crippen LogP contribution < -0.4 is 9.47 Å². The van der Waals surface area contributed by atoms with Crippen molar-refractivity contribution in [3.8, 4) is 11.8 Å². The molecule has 485 valence electrons. The molecule has 7 atom stereocenters. The molecular formula is C49H68Cl5I7N5O12S5SiV-. The number of rotatable bonds is 13. The van der Waals surface area contributed by atoms with Gasteiger partial charge in [-0.05, 0) is 80.9 Å². The largest absolute Gasteiger partial charge is 0.481 e. The number of aromatic nitrogens is 5. The monoisotopic (exact) mass is 2220 g/mol. The topological polar surface area (TPSA) is 205 Å². The van der Waals surface area contributed by atoms with Gasteiger partial charge in [0.15, 0.2) is 36.1 Å². The van der Waals surface area contributed by atoms with Gasteiger partial charge < -0.3 is 75.1 Å². The first-order valence-electron chi connectivity index (χ1n) is 25.3. The molecule has 0 saturated carbocycles. The number of carboxylic acids is 1. The molecule has 3 fully saturated rings. The molecule has 0 bridgehead atoms. The Hall–Kier alpha value is 4.26. The summed E-state index contributed by atoms with van der Waals surface area (Å²) in [6.07, 6.45) is 8.23. The van der Waals surface area contributed by atoms with Crippen LogP contribution in [0.3, 0.4) is 0 Å². The average Bonchev–Trinajstić information content (AvgIpc) is 3.41. The number of thiazole rings is 5. The number of carbonyl (C=O) groups is 1. The van der Waals surface area contributed by atoms with E-state index in [0.717, 1.165) is 96.5 Å². The third kappa shape index (κ3) is 34.4. The van der Waals surface area contributed by atoms with Gasteiger partial charge in [-0.25, -0.2) is 24.9 Å². The van der Waals surface area contributed by atoms with Crippen molar-refractivity contribution < 1.29 is 75.9 Å². The molecule has 0 amide bonds. The molecule has 0 spiro atoms. The molecule has 17 nitrogen and oxygen atoms in total. The summed E-state index contributed by atoms with van der Waals surface area (Å²) in [5, 5.41) is 21.1. The van der Waals surface area contributed by atoms with E-state index in [0.29, 0.717) is 43.5 Å². The Morgan fingerprint density at radius 3 is 1.64 bits per heavy atom. The number of hydrogen-bond donors (Lipinski definition) is 2. The Bertz CT molecular complexity index is 2500. The number of nitrogens with zero attached hydrogens (tertiary/aromatic N) is 5. The van der Waals surface area contributed by atoms with Gasteiger partial charge in [-0.2, -0.15) is 0 Å². The summed E-state index contributed by atoms with van der Waals surface area (Å²) >= 11 is 51.5. The zero-order valence-corrected chi connectivity index (χ0v) is 72.3. The second kappa shape index (κ2) is 49.7. The van der Waals surface area contributed by atoms with Crippen molar-refractivity contribution in [2.45, 2.75) is 140 Å². The number of fused-ring (bicyclic) bond motifs is 2. The second-order valence-corrected chi connectivity index (χ2v) is 45.4. The van der Waals surface area contributed by atoms with Crippen molar-refractivity contribution in [1.82, 2.24) is 24.9 Å². The third-order valence-corrected chi connectivity index (χ3v) is 22.5. The maximum Gasteiger partial charge on any atom is 0.315 e. The van der Waals surface area contributed by atoms with Crippen LogP contribution in [0.2, 0.25) is 42.5 Å². The third-order valence-electron chi connectivity index (χ3n) is 11.9. The van der Waals surface area contributed by atoms with Gasteiger partial charge in [0.25, 0.3) is 0 Å². The second-order valence-electron chi connectivity index (χ2n) is 18.5. The average molecular weight is 2220 g/mol. The number of aliphatic hydroxyl groups excluding tert-OH is 1. The van der Waals surface area contributed by atoms with Gasteiger partial charge in [0.1, 0.15) is 57.7 Å². The van der Waals surface area contributed by atoms with Gasteiger partial charge >= 0.3 is 5.97 Å². The van der Waals surface area contributed by atoms with Gasteiger partial charge in [-0.15, -0.1) is 56.7 Å². The number of aliphatic carboxylic acids is 1. The predicted molar refractivity (Wildman–Crippen MR) is 408 cm³/mol. The molecule has 7 unspecified atom stereocenters. The number of aliphatic hydroxyl groups is 1. The molecular weight excluding hydrogens is 2160 g/mol. The van der Waals surface area contributed by atoms with E-state index in [2.05, 4.69) is 199 Å². The summed E-state index contributed by atoms with van der Waals surface area (Å²) in [6.45, 7) is 14.5. The SMILES string of the molecule is CC(C)(C)[Si](C)(C)OCC(OC1CCCCO1)c1sc(Cl)nc1Cl.CI.Clc1csc(Cl)n1.IC(I)I.ICI.O=C(O)C1COc2ncsc21.OCC(OC1CCCCO1)c1scnc1Cl.[CH2-]I.[V].c1nc2c(s1)C(OC1CCCCO1)CO2. The molecule has 10 heterocycles. The minimum Gasteiger partial charge on any atom is -0.481 e. The maximum absolute atomic E-state index is 10.6. The van der Waals surface area contributed by atoms with Crippen molar-refractivity contribution in [2.75, 3.05) is 53.6 Å². The first-order valence-corrected chi connectivity index (χ1v) is 44.9. The molecule has 0 aromatic carbocycles. The van der Waals surface area contributed by atoms with E-state index in [4.69, 9.17) is 105 Å². The molecule has 0 aliphatic carbocycles. The van der Waals surface area contributed by atoms with Crippen LogP contribution in [0, 0.1) is 4.93 Å². The van der Waals surface area contributed by atoms with Crippen molar-refractivity contribution in [2.24, 2.45) is 0 Å². The Morgan fingerprint density at radius 2 is 1.22 bits per heavy atom. The number of alkyl halides is 6. The van der Waals surface area contributed by atoms with Gasteiger partial charge in [-0.3, -0.25) is 9.73 Å². The van der Waals surface area contributed by atoms with Crippen LogP contribution in [-0.4, -0.2) is 122 Å². The normalized spacial score (nSPS) is 19.8. The fraction of sp³-hybridized carbons (Fsp3) is 0.653. The minimum absolute atomic E-state index is 0. The molecule has 5 aromatic rings. The number of halogens is 12. The van der Waals surface area contributed by atoms with Gasteiger partial charge in [0.2, 0.25) is 11.8 Å². The number of ether oxygens (including phenoxy) is 8. The van der Waals surface area contributed by atoms with Crippen LogP contribution in [0.1, 0.15) is 122 Å². The summed E-state index contributed by atoms with van der Waals surface area (Å²) in [5.41, 5.74) is 5.03. The molecule has 3 saturated heterocycles. The van der Waals surface area contributed by atoms with E-state index in [1.165, 1.54) is 54.2 Å². The van der Waals surface area contributed by atoms with E-state index in [1.54, 1.807) is 33.2 Å². The van der Waals surface area contributed by atoms with Crippen LogP contribution in [0.5, 0.6) is 11.8 Å². The van der Waals surface area contributed by atoms with E-state index in [9.17, 15) is 9.90 Å². The summed E-state index contributed by atoms with van der Waals surface area (Å²) in [4.78, 5) is 38.8. The van der Waals surface area contributed by atoms with Gasteiger partial charge in [0, 0.05) is 43.8 Å². The Morgan fingerprint density at radius 1 is 0.729 bits per heavy atom. The summed E-state index contributed by atoms with van der Waals surface area (Å²) in [5.74, 6) is -0.117. The molecule has 85 heavy (non-hydrogen) atoms. The summed E-state index contributed by atoms with van der Waals surface area (Å²) < 4.78 is 54.1. The van der Waals surface area contributed by atoms with Crippen LogP contribution >= 0.6 is 273 Å². The van der Waals surface area contributed by atoms with Gasteiger partial charge in [0.05, 0.1) is 46.8 Å². The molecule has 5 aliphatic rings. The van der Waals surface area contributed by atoms with E-state index in [-0.39, 0.29) is 67.9 Å². The fourth-order valence-electron chi connectivity index (χ4n) is 6.95. The van der Waals surface area contributed by atoms with E-state index >= 15 is 0 Å². The first kappa shape index (κ1) is 87.3. The van der Waals surface area contributed by atoms with Crippen LogP contribution in [0.15, 0.2) is 21.9 Å². The zero-order chi connectivity index (χ0) is 62.8. The minimum atomic E-state index is -1.89. The maximum atomic E-state index is 10.6. The quantitative estimate of drug-likeness (QED) is 0.0487. The molecule has 2 N–H and O–H groups in total. The fourth-order valence-corrected chi connectivity index (χ4v) is 13.0. The Balaban J connectivity index is 0.000000526. The van der Waals surface area contributed by atoms with Crippen LogP contribution in [0.25, 0.3) is 0 Å². The summed E-state index contributed by atoms with van der Waals surface area (Å²) in [7, 11) is -1.89. The predicted octanol–water partition coefficient (Wildman–Crippen LogP) is 20.4. The standard InChI is InChI=1S/C16H27Cl2NO3SSi.C10H14ClNO3S.C10H13NO3S.C6H5NO3S.C3HCl2NS.CHI3.CH2I2.CH3I.CH2I.V/c1-16(2,3)24(4,5)21-10-11(13-14(17)19-15(18)23-13)22-12-8-6-7-9-20-12;11-10-9(16-6-12-10)7(5-13)15-8-3-1-2-4-14-8;1-2-4-12-8(3-1)14-7-5-13-10-9(7)15-6-11-10;8-6(9)3-1-10-5-4(3)11-2-7-5;4-2-1-7-3(5)6-2;2-1(3)4;2-1-3;2*1-2;/h11-12H,6-10H2,1-5H3;6-8,13H,1-5H2;6-8H,1-5H2;2-3H,1H2,(H,8,9);1H;1H;1H2;1H3;1H2;/q;;;;;;;;-1;. The van der Waals surface area contributed by atoms with Crippen LogP contribution in [0.4, 0.5) is 0 Å². The number of hydrogen-bond acceptors (Lipinski definition) is 21. The van der Waals surface area contributed by atoms with Crippen molar-refractivity contribution in [3.63, 3.8) is 0 Å². The van der Waals surface area contributed by atoms with Crippen molar-refractivity contribution in [3.05, 3.63) is 70.7 Å². The van der Waals surface area contributed by atoms with E-state index < -0.39 is 26.3 Å².